The summed E-state index contributed by atoms with van der Waals surface area (Å²) in [5.41, 5.74) is 0.777. The van der Waals surface area contributed by atoms with E-state index in [1.807, 2.05) is 0 Å². The molecule has 0 aromatic heterocycles. The first-order valence-corrected chi connectivity index (χ1v) is 13.6. The molecule has 0 unspecified atom stereocenters. The SMILES string of the molecule is COc1cc(Cl)ccc1CNC(=O)[C@H]1CCCN1C(=O)[C@H]1CCCN(S(=O)(=O)N2CC(C#N)C2)C1. The molecule has 2 amide bonds. The number of amides is 2. The van der Waals surface area contributed by atoms with Crippen LogP contribution in [0.4, 0.5) is 0 Å². The van der Waals surface area contributed by atoms with Crippen LogP contribution in [0.15, 0.2) is 18.2 Å². The quantitative estimate of drug-likeness (QED) is 0.575. The summed E-state index contributed by atoms with van der Waals surface area (Å²) >= 11 is 6.00. The minimum atomic E-state index is -3.69. The molecule has 1 N–H and O–H groups in total. The Hall–Kier alpha value is -2.39. The maximum atomic E-state index is 13.4. The molecular weight excluding hydrogens is 494 g/mol. The van der Waals surface area contributed by atoms with Crippen LogP contribution in [0.25, 0.3) is 0 Å². The zero-order valence-corrected chi connectivity index (χ0v) is 21.2. The van der Waals surface area contributed by atoms with Crippen molar-refractivity contribution in [3.8, 4) is 11.8 Å². The molecule has 4 rings (SSSR count). The zero-order valence-electron chi connectivity index (χ0n) is 19.7. The van der Waals surface area contributed by atoms with Gasteiger partial charge in [0.2, 0.25) is 11.8 Å². The smallest absolute Gasteiger partial charge is 0.282 e. The number of methoxy groups -OCH3 is 1. The molecule has 10 nitrogen and oxygen atoms in total. The van der Waals surface area contributed by atoms with Gasteiger partial charge in [0, 0.05) is 49.9 Å². The van der Waals surface area contributed by atoms with E-state index >= 15 is 0 Å². The van der Waals surface area contributed by atoms with Crippen molar-refractivity contribution in [2.24, 2.45) is 11.8 Å². The number of hydrogen-bond donors (Lipinski definition) is 1. The molecule has 35 heavy (non-hydrogen) atoms. The molecule has 3 fully saturated rings. The second kappa shape index (κ2) is 10.7. The Kier molecular flexibility index (Phi) is 7.86. The highest BCUT2D eigenvalue weighted by Gasteiger charge is 2.44. The van der Waals surface area contributed by atoms with Gasteiger partial charge in [-0.1, -0.05) is 17.7 Å². The fraction of sp³-hybridized carbons (Fsp3) is 0.609. The fourth-order valence-corrected chi connectivity index (χ4v) is 6.88. The lowest BCUT2D eigenvalue weighted by atomic mass is 9.97. The largest absolute Gasteiger partial charge is 0.496 e. The van der Waals surface area contributed by atoms with Gasteiger partial charge >= 0.3 is 0 Å². The predicted octanol–water partition coefficient (Wildman–Crippen LogP) is 1.37. The normalized spacial score (nSPS) is 24.0. The van der Waals surface area contributed by atoms with Crippen LogP contribution in [-0.4, -0.2) is 79.6 Å². The molecule has 0 spiro atoms. The van der Waals surface area contributed by atoms with E-state index in [1.165, 1.54) is 15.7 Å². The Bertz CT molecular complexity index is 1120. The number of halogens is 1. The van der Waals surface area contributed by atoms with Gasteiger partial charge in [0.1, 0.15) is 11.8 Å². The Morgan fingerprint density at radius 2 is 1.91 bits per heavy atom. The highest BCUT2D eigenvalue weighted by molar-refractivity contribution is 7.86. The Balaban J connectivity index is 1.37. The molecule has 1 aromatic rings. The molecule has 3 aliphatic heterocycles. The van der Waals surface area contributed by atoms with Crippen molar-refractivity contribution in [1.82, 2.24) is 18.8 Å². The molecule has 3 saturated heterocycles. The number of likely N-dealkylation sites (tertiary alicyclic amines) is 1. The summed E-state index contributed by atoms with van der Waals surface area (Å²) in [6.07, 6.45) is 2.43. The maximum absolute atomic E-state index is 13.4. The first-order valence-electron chi connectivity index (χ1n) is 11.8. The third kappa shape index (κ3) is 5.40. The summed E-state index contributed by atoms with van der Waals surface area (Å²) in [5, 5.41) is 12.4. The second-order valence-corrected chi connectivity index (χ2v) is 11.6. The van der Waals surface area contributed by atoms with Gasteiger partial charge in [-0.15, -0.1) is 0 Å². The number of nitrogens with zero attached hydrogens (tertiary/aromatic N) is 4. The molecule has 2 atom stereocenters. The minimum absolute atomic E-state index is 0.0989. The van der Waals surface area contributed by atoms with Crippen molar-refractivity contribution in [2.75, 3.05) is 39.8 Å². The topological polar surface area (TPSA) is 123 Å². The van der Waals surface area contributed by atoms with Gasteiger partial charge in [0.15, 0.2) is 0 Å². The zero-order chi connectivity index (χ0) is 25.2. The van der Waals surface area contributed by atoms with Crippen molar-refractivity contribution in [1.29, 1.82) is 5.26 Å². The van der Waals surface area contributed by atoms with E-state index in [9.17, 15) is 18.0 Å². The van der Waals surface area contributed by atoms with Crippen LogP contribution in [0.5, 0.6) is 5.75 Å². The van der Waals surface area contributed by atoms with E-state index < -0.39 is 22.2 Å². The van der Waals surface area contributed by atoms with Gasteiger partial charge in [0.25, 0.3) is 10.2 Å². The number of nitriles is 1. The molecule has 12 heteroatoms. The van der Waals surface area contributed by atoms with E-state index in [2.05, 4.69) is 11.4 Å². The van der Waals surface area contributed by atoms with Crippen molar-refractivity contribution >= 4 is 33.6 Å². The first kappa shape index (κ1) is 25.7. The molecule has 3 heterocycles. The minimum Gasteiger partial charge on any atom is -0.496 e. The van der Waals surface area contributed by atoms with Crippen LogP contribution in [0.2, 0.25) is 5.02 Å². The van der Waals surface area contributed by atoms with Gasteiger partial charge in [-0.3, -0.25) is 9.59 Å². The maximum Gasteiger partial charge on any atom is 0.282 e. The van der Waals surface area contributed by atoms with E-state index in [0.717, 1.165) is 5.56 Å². The van der Waals surface area contributed by atoms with E-state index in [0.29, 0.717) is 49.5 Å². The number of nitrogens with one attached hydrogen (secondary N) is 1. The van der Waals surface area contributed by atoms with Gasteiger partial charge < -0.3 is 15.0 Å². The number of rotatable bonds is 7. The monoisotopic (exact) mass is 523 g/mol. The van der Waals surface area contributed by atoms with Crippen molar-refractivity contribution in [2.45, 2.75) is 38.3 Å². The first-order chi connectivity index (χ1) is 16.7. The molecule has 0 saturated carbocycles. The van der Waals surface area contributed by atoms with Crippen LogP contribution in [-0.2, 0) is 26.3 Å². The second-order valence-electron chi connectivity index (χ2n) is 9.21. The Morgan fingerprint density at radius 1 is 1.17 bits per heavy atom. The Labute approximate surface area is 210 Å². The lowest BCUT2D eigenvalue weighted by Gasteiger charge is -2.41. The molecule has 1 aromatic carbocycles. The summed E-state index contributed by atoms with van der Waals surface area (Å²) in [4.78, 5) is 28.0. The standard InChI is InChI=1S/C23H30ClN5O5S/c1-34-21-10-19(24)7-6-17(21)12-26-22(30)20-5-3-9-29(20)23(31)18-4-2-8-27(15-18)35(32,33)28-13-16(11-25)14-28/h6-7,10,16,18,20H,2-5,8-9,12-15H2,1H3,(H,26,30)/t18-,20+/m0/s1. The van der Waals surface area contributed by atoms with Crippen LogP contribution in [0.1, 0.15) is 31.2 Å². The van der Waals surface area contributed by atoms with Crippen LogP contribution >= 0.6 is 11.6 Å². The summed E-state index contributed by atoms with van der Waals surface area (Å²) in [6, 6.07) is 6.68. The van der Waals surface area contributed by atoms with Crippen molar-refractivity contribution in [3.63, 3.8) is 0 Å². The Morgan fingerprint density at radius 3 is 2.63 bits per heavy atom. The molecule has 0 aliphatic carbocycles. The third-order valence-electron chi connectivity index (χ3n) is 6.96. The highest BCUT2D eigenvalue weighted by atomic mass is 35.5. The summed E-state index contributed by atoms with van der Waals surface area (Å²) < 4.78 is 33.8. The molecule has 0 radical (unpaired) electrons. The average Bonchev–Trinajstić information content (AvgIpc) is 3.32. The molecule has 3 aliphatic rings. The number of carbonyl (C=O) groups is 2. The molecule has 190 valence electrons. The third-order valence-corrected chi connectivity index (χ3v) is 9.13. The van der Waals surface area contributed by atoms with Gasteiger partial charge in [-0.25, -0.2) is 0 Å². The molecular formula is C23H30ClN5O5S. The predicted molar refractivity (Wildman–Crippen MR) is 128 cm³/mol. The van der Waals surface area contributed by atoms with E-state index in [1.54, 1.807) is 23.1 Å². The van der Waals surface area contributed by atoms with E-state index in [4.69, 9.17) is 21.6 Å². The van der Waals surface area contributed by atoms with Crippen molar-refractivity contribution in [3.05, 3.63) is 28.8 Å². The van der Waals surface area contributed by atoms with Gasteiger partial charge in [-0.2, -0.15) is 22.3 Å². The van der Waals surface area contributed by atoms with Gasteiger partial charge in [-0.05, 0) is 37.8 Å². The fourth-order valence-electron chi connectivity index (χ4n) is 4.93. The molecule has 0 bridgehead atoms. The summed E-state index contributed by atoms with van der Waals surface area (Å²) in [6.45, 7) is 1.56. The highest BCUT2D eigenvalue weighted by Crippen LogP contribution is 2.29. The summed E-state index contributed by atoms with van der Waals surface area (Å²) in [7, 11) is -2.16. The van der Waals surface area contributed by atoms with Crippen LogP contribution < -0.4 is 10.1 Å². The lowest BCUT2D eigenvalue weighted by Crippen LogP contribution is -2.57. The average molecular weight is 524 g/mol. The van der Waals surface area contributed by atoms with Crippen molar-refractivity contribution < 1.29 is 22.7 Å². The number of ether oxygens (including phenoxy) is 1. The number of piperidine rings is 1. The number of benzene rings is 1. The summed E-state index contributed by atoms with van der Waals surface area (Å²) in [5.74, 6) is -0.606. The number of hydrogen-bond acceptors (Lipinski definition) is 6. The van der Waals surface area contributed by atoms with Crippen LogP contribution in [0, 0.1) is 23.2 Å². The van der Waals surface area contributed by atoms with Crippen LogP contribution in [0.3, 0.4) is 0 Å². The van der Waals surface area contributed by atoms with E-state index in [-0.39, 0.29) is 43.9 Å². The van der Waals surface area contributed by atoms with Gasteiger partial charge in [0.05, 0.1) is 25.0 Å². The lowest BCUT2D eigenvalue weighted by molar-refractivity contribution is -0.142. The number of carbonyl (C=O) groups excluding carboxylic acids is 2.